The maximum absolute atomic E-state index is 4.64. The predicted octanol–water partition coefficient (Wildman–Crippen LogP) is 4.83. The Morgan fingerprint density at radius 2 is 1.46 bits per heavy atom. The molecule has 3 aromatic rings. The molecule has 120 valence electrons. The van der Waals surface area contributed by atoms with E-state index in [0.717, 1.165) is 18.1 Å². The molecule has 2 aromatic carbocycles. The van der Waals surface area contributed by atoms with Crippen molar-refractivity contribution >= 4 is 0 Å². The van der Waals surface area contributed by atoms with E-state index in [9.17, 15) is 0 Å². The Labute approximate surface area is 142 Å². The van der Waals surface area contributed by atoms with Crippen molar-refractivity contribution in [3.05, 3.63) is 60.2 Å². The van der Waals surface area contributed by atoms with Crippen LogP contribution in [-0.4, -0.2) is 14.8 Å². The van der Waals surface area contributed by atoms with Gasteiger partial charge >= 0.3 is 0 Å². The van der Waals surface area contributed by atoms with Gasteiger partial charge in [0.1, 0.15) is 0 Å². The van der Waals surface area contributed by atoms with E-state index in [2.05, 4.69) is 69.4 Å². The van der Waals surface area contributed by atoms with Gasteiger partial charge in [-0.15, -0.1) is 10.2 Å². The second kappa shape index (κ2) is 5.30. The molecular weight excluding hydrogens is 294 g/mol. The lowest BCUT2D eigenvalue weighted by Crippen LogP contribution is -2.41. The molecule has 0 saturated heterocycles. The number of fused-ring (bicyclic) bond motifs is 4. The lowest BCUT2D eigenvalue weighted by molar-refractivity contribution is 0.191. The number of rotatable bonds is 1. The molecule has 2 aliphatic rings. The van der Waals surface area contributed by atoms with Crippen LogP contribution in [0.5, 0.6) is 0 Å². The normalized spacial score (nSPS) is 18.2. The van der Waals surface area contributed by atoms with E-state index in [1.165, 1.54) is 48.8 Å². The quantitative estimate of drug-likeness (QED) is 0.644. The average Bonchev–Trinajstić information content (AvgIpc) is 3.10. The molecule has 1 spiro atoms. The number of hydrogen-bond donors (Lipinski definition) is 0. The van der Waals surface area contributed by atoms with Gasteiger partial charge in [0.05, 0.1) is 5.54 Å². The molecule has 3 heteroatoms. The molecule has 1 aliphatic heterocycles. The Balaban J connectivity index is 1.77. The van der Waals surface area contributed by atoms with Crippen LogP contribution >= 0.6 is 0 Å². The van der Waals surface area contributed by atoms with Crippen molar-refractivity contribution < 1.29 is 0 Å². The number of nitrogens with zero attached hydrogens (tertiary/aromatic N) is 3. The highest BCUT2D eigenvalue weighted by atomic mass is 15.3. The molecule has 1 aromatic heterocycles. The lowest BCUT2D eigenvalue weighted by atomic mass is 9.74. The van der Waals surface area contributed by atoms with Crippen LogP contribution in [0.3, 0.4) is 0 Å². The van der Waals surface area contributed by atoms with Crippen molar-refractivity contribution in [3.8, 4) is 22.8 Å². The van der Waals surface area contributed by atoms with Crippen LogP contribution < -0.4 is 0 Å². The molecule has 0 radical (unpaired) electrons. The maximum atomic E-state index is 4.64. The molecule has 2 heterocycles. The third-order valence-electron chi connectivity index (χ3n) is 5.73. The van der Waals surface area contributed by atoms with Gasteiger partial charge < -0.3 is 4.57 Å². The first-order chi connectivity index (χ1) is 11.9. The minimum Gasteiger partial charge on any atom is -0.300 e. The van der Waals surface area contributed by atoms with Crippen molar-refractivity contribution in [1.29, 1.82) is 0 Å². The van der Waals surface area contributed by atoms with E-state index in [1.54, 1.807) is 0 Å². The van der Waals surface area contributed by atoms with Gasteiger partial charge in [-0.1, -0.05) is 73.9 Å². The zero-order valence-electron chi connectivity index (χ0n) is 13.8. The monoisotopic (exact) mass is 315 g/mol. The summed E-state index contributed by atoms with van der Waals surface area (Å²) in [6.07, 6.45) is 7.51. The first kappa shape index (κ1) is 14.0. The van der Waals surface area contributed by atoms with Crippen LogP contribution in [0.15, 0.2) is 54.6 Å². The van der Waals surface area contributed by atoms with Gasteiger partial charge in [0, 0.05) is 11.1 Å². The van der Waals surface area contributed by atoms with E-state index in [-0.39, 0.29) is 5.54 Å². The lowest BCUT2D eigenvalue weighted by Gasteiger charge is -2.43. The third kappa shape index (κ3) is 1.97. The topological polar surface area (TPSA) is 30.7 Å². The van der Waals surface area contributed by atoms with Crippen molar-refractivity contribution in [2.45, 2.75) is 44.1 Å². The Bertz CT molecular complexity index is 860. The summed E-state index contributed by atoms with van der Waals surface area (Å²) < 4.78 is 2.48. The predicted molar refractivity (Wildman–Crippen MR) is 95.7 cm³/mol. The molecule has 24 heavy (non-hydrogen) atoms. The molecule has 1 saturated carbocycles. The highest BCUT2D eigenvalue weighted by molar-refractivity contribution is 5.68. The summed E-state index contributed by atoms with van der Waals surface area (Å²) in [4.78, 5) is 0. The Kier molecular flexibility index (Phi) is 3.09. The van der Waals surface area contributed by atoms with Crippen molar-refractivity contribution in [2.75, 3.05) is 0 Å². The van der Waals surface area contributed by atoms with Gasteiger partial charge in [0.15, 0.2) is 11.6 Å². The largest absolute Gasteiger partial charge is 0.300 e. The number of benzene rings is 2. The summed E-state index contributed by atoms with van der Waals surface area (Å²) in [5.74, 6) is 2.08. The number of aromatic nitrogens is 3. The summed E-state index contributed by atoms with van der Waals surface area (Å²) >= 11 is 0. The minimum absolute atomic E-state index is 0.149. The standard InChI is InChI=1S/C21H21N3/c1-3-9-16(10-4-1)19-22-23-20-18-12-6-5-11-17(18)15-21(24(19)20)13-7-2-8-14-21/h1,3-6,9-12H,2,7-8,13-15H2. The molecule has 1 fully saturated rings. The third-order valence-corrected chi connectivity index (χ3v) is 5.73. The van der Waals surface area contributed by atoms with Crippen molar-refractivity contribution in [3.63, 3.8) is 0 Å². The van der Waals surface area contributed by atoms with Gasteiger partial charge in [0.2, 0.25) is 0 Å². The Morgan fingerprint density at radius 3 is 2.29 bits per heavy atom. The fourth-order valence-corrected chi connectivity index (χ4v) is 4.62. The number of hydrogen-bond acceptors (Lipinski definition) is 2. The zero-order chi connectivity index (χ0) is 16.0. The van der Waals surface area contributed by atoms with Crippen LogP contribution in [-0.2, 0) is 12.0 Å². The SMILES string of the molecule is c1ccc(-c2nnc3n2C2(CCCCC2)Cc2ccccc2-3)cc1. The van der Waals surface area contributed by atoms with Crippen LogP contribution in [0.4, 0.5) is 0 Å². The Morgan fingerprint density at radius 1 is 0.750 bits per heavy atom. The average molecular weight is 315 g/mol. The van der Waals surface area contributed by atoms with E-state index in [4.69, 9.17) is 0 Å². The molecule has 0 unspecified atom stereocenters. The smallest absolute Gasteiger partial charge is 0.165 e. The second-order valence-corrected chi connectivity index (χ2v) is 7.17. The van der Waals surface area contributed by atoms with Gasteiger partial charge in [-0.3, -0.25) is 0 Å². The molecule has 3 nitrogen and oxygen atoms in total. The Hall–Kier alpha value is -2.42. The zero-order valence-corrected chi connectivity index (χ0v) is 13.8. The minimum atomic E-state index is 0.149. The molecule has 1 aliphatic carbocycles. The van der Waals surface area contributed by atoms with Crippen LogP contribution in [0, 0.1) is 0 Å². The molecule has 0 amide bonds. The highest BCUT2D eigenvalue weighted by Crippen LogP contribution is 2.47. The van der Waals surface area contributed by atoms with E-state index in [0.29, 0.717) is 0 Å². The van der Waals surface area contributed by atoms with E-state index in [1.807, 2.05) is 0 Å². The molecule has 0 atom stereocenters. The first-order valence-electron chi connectivity index (χ1n) is 8.97. The van der Waals surface area contributed by atoms with Crippen LogP contribution in [0.2, 0.25) is 0 Å². The van der Waals surface area contributed by atoms with Crippen LogP contribution in [0.1, 0.15) is 37.7 Å². The summed E-state index contributed by atoms with van der Waals surface area (Å²) in [5.41, 5.74) is 4.00. The maximum Gasteiger partial charge on any atom is 0.165 e. The fraction of sp³-hybridized carbons (Fsp3) is 0.333. The van der Waals surface area contributed by atoms with Gasteiger partial charge in [0.25, 0.3) is 0 Å². The summed E-state index contributed by atoms with van der Waals surface area (Å²) in [6, 6.07) is 19.2. The molecule has 0 N–H and O–H groups in total. The summed E-state index contributed by atoms with van der Waals surface area (Å²) in [7, 11) is 0. The molecular formula is C21H21N3. The summed E-state index contributed by atoms with van der Waals surface area (Å²) in [6.45, 7) is 0. The van der Waals surface area contributed by atoms with Gasteiger partial charge in [-0.25, -0.2) is 0 Å². The van der Waals surface area contributed by atoms with Gasteiger partial charge in [-0.2, -0.15) is 0 Å². The van der Waals surface area contributed by atoms with Crippen molar-refractivity contribution in [1.82, 2.24) is 14.8 Å². The van der Waals surface area contributed by atoms with E-state index >= 15 is 0 Å². The first-order valence-corrected chi connectivity index (χ1v) is 8.97. The van der Waals surface area contributed by atoms with Crippen LogP contribution in [0.25, 0.3) is 22.8 Å². The highest BCUT2D eigenvalue weighted by Gasteiger charge is 2.42. The molecule has 5 rings (SSSR count). The second-order valence-electron chi connectivity index (χ2n) is 7.17. The van der Waals surface area contributed by atoms with E-state index < -0.39 is 0 Å². The fourth-order valence-electron chi connectivity index (χ4n) is 4.62. The van der Waals surface area contributed by atoms with Crippen molar-refractivity contribution in [2.24, 2.45) is 0 Å². The summed E-state index contributed by atoms with van der Waals surface area (Å²) in [5, 5.41) is 9.27. The van der Waals surface area contributed by atoms with Gasteiger partial charge in [-0.05, 0) is 24.8 Å². The molecule has 0 bridgehead atoms.